The molecule has 0 radical (unpaired) electrons. The van der Waals surface area contributed by atoms with Crippen LogP contribution in [0, 0.1) is 0 Å². The van der Waals surface area contributed by atoms with Crippen molar-refractivity contribution in [2.24, 2.45) is 10.1 Å². The highest BCUT2D eigenvalue weighted by Crippen LogP contribution is 2.09. The first-order chi connectivity index (χ1) is 13.8. The van der Waals surface area contributed by atoms with Gasteiger partial charge in [-0.25, -0.2) is 18.5 Å². The van der Waals surface area contributed by atoms with Crippen molar-refractivity contribution in [3.05, 3.63) is 48.3 Å². The Morgan fingerprint density at radius 3 is 2.55 bits per heavy atom. The minimum absolute atomic E-state index is 0.0527. The van der Waals surface area contributed by atoms with E-state index in [1.54, 1.807) is 32.4 Å². The molecule has 0 bridgehead atoms. The Balaban J connectivity index is 1.95. The summed E-state index contributed by atoms with van der Waals surface area (Å²) in [6.45, 7) is 1.84. The van der Waals surface area contributed by atoms with Crippen molar-refractivity contribution in [3.63, 3.8) is 0 Å². The minimum Gasteiger partial charge on any atom is -0.356 e. The maximum atomic E-state index is 11.8. The van der Waals surface area contributed by atoms with Crippen molar-refractivity contribution in [1.29, 1.82) is 0 Å². The number of nitrogens with one attached hydrogen (secondary N) is 2. The zero-order chi connectivity index (χ0) is 21.3. The molecular weight excluding hydrogens is 394 g/mol. The van der Waals surface area contributed by atoms with Crippen LogP contribution in [-0.4, -0.2) is 62.1 Å². The summed E-state index contributed by atoms with van der Waals surface area (Å²) in [5.74, 6) is 0.421. The van der Waals surface area contributed by atoms with Crippen LogP contribution in [0.15, 0.2) is 52.6 Å². The van der Waals surface area contributed by atoms with Crippen LogP contribution >= 0.6 is 0 Å². The average molecular weight is 422 g/mol. The second kappa shape index (κ2) is 10.6. The number of guanidine groups is 1. The lowest BCUT2D eigenvalue weighted by molar-refractivity contribution is -0.127. The fraction of sp³-hybridized carbons (Fsp3) is 0.389. The normalized spacial score (nSPS) is 11.9. The third-order valence-electron chi connectivity index (χ3n) is 3.99. The van der Waals surface area contributed by atoms with E-state index in [0.717, 1.165) is 18.5 Å². The largest absolute Gasteiger partial charge is 0.356 e. The molecule has 0 fully saturated rings. The molecule has 2 rings (SSSR count). The van der Waals surface area contributed by atoms with Gasteiger partial charge in [0.05, 0.1) is 18.0 Å². The number of benzene rings is 1. The van der Waals surface area contributed by atoms with Crippen LogP contribution in [-0.2, 0) is 27.9 Å². The third kappa shape index (κ3) is 7.92. The zero-order valence-electron chi connectivity index (χ0n) is 16.6. The molecule has 0 spiro atoms. The first-order valence-electron chi connectivity index (χ1n) is 9.07. The number of aromatic nitrogens is 2. The Morgan fingerprint density at radius 2 is 1.97 bits per heavy atom. The number of nitrogens with two attached hydrogens (primary N) is 1. The van der Waals surface area contributed by atoms with Crippen LogP contribution in [0.2, 0.25) is 0 Å². The molecule has 29 heavy (non-hydrogen) atoms. The number of hydrogen-bond acceptors (Lipinski definition) is 5. The summed E-state index contributed by atoms with van der Waals surface area (Å²) in [6.07, 6.45) is 4.46. The fourth-order valence-electron chi connectivity index (χ4n) is 2.33. The first-order valence-corrected chi connectivity index (χ1v) is 10.6. The SMILES string of the molecule is CN(C)C(=O)CNC(=NCc1ccc(S(N)(=O)=O)cc1)NCCCn1cccn1. The molecule has 4 N–H and O–H groups in total. The molecule has 0 unspecified atom stereocenters. The van der Waals surface area contributed by atoms with E-state index in [1.807, 2.05) is 16.9 Å². The number of hydrogen-bond donors (Lipinski definition) is 3. The van der Waals surface area contributed by atoms with Crippen molar-refractivity contribution >= 4 is 21.9 Å². The summed E-state index contributed by atoms with van der Waals surface area (Å²) >= 11 is 0. The summed E-state index contributed by atoms with van der Waals surface area (Å²) in [4.78, 5) is 17.9. The van der Waals surface area contributed by atoms with Gasteiger partial charge in [-0.05, 0) is 30.2 Å². The Kier molecular flexibility index (Phi) is 8.16. The van der Waals surface area contributed by atoms with E-state index < -0.39 is 10.0 Å². The van der Waals surface area contributed by atoms with Gasteiger partial charge in [-0.15, -0.1) is 0 Å². The van der Waals surface area contributed by atoms with E-state index >= 15 is 0 Å². The standard InChI is InChI=1S/C18H27N7O3S/c1-24(2)17(26)14-22-18(20-9-3-11-25-12-4-10-23-25)21-13-15-5-7-16(8-6-15)29(19,27)28/h4-8,10,12H,3,9,11,13-14H2,1-2H3,(H2,19,27,28)(H2,20,21,22). The van der Waals surface area contributed by atoms with Crippen molar-refractivity contribution in [2.45, 2.75) is 24.4 Å². The summed E-state index contributed by atoms with van der Waals surface area (Å²) < 4.78 is 24.5. The number of rotatable bonds is 9. The van der Waals surface area contributed by atoms with E-state index in [0.29, 0.717) is 19.0 Å². The van der Waals surface area contributed by atoms with Gasteiger partial charge in [-0.2, -0.15) is 5.10 Å². The Morgan fingerprint density at radius 1 is 1.24 bits per heavy atom. The number of aliphatic imine (C=N–C) groups is 1. The molecule has 0 saturated heterocycles. The van der Waals surface area contributed by atoms with Crippen LogP contribution in [0.1, 0.15) is 12.0 Å². The molecule has 0 aliphatic rings. The maximum absolute atomic E-state index is 11.8. The lowest BCUT2D eigenvalue weighted by Gasteiger charge is -2.15. The lowest BCUT2D eigenvalue weighted by Crippen LogP contribution is -2.43. The van der Waals surface area contributed by atoms with Gasteiger partial charge < -0.3 is 15.5 Å². The number of carbonyl (C=O) groups excluding carboxylic acids is 1. The fourth-order valence-corrected chi connectivity index (χ4v) is 2.84. The number of primary sulfonamides is 1. The molecule has 0 saturated carbocycles. The van der Waals surface area contributed by atoms with Gasteiger partial charge in [0.1, 0.15) is 0 Å². The van der Waals surface area contributed by atoms with Gasteiger partial charge in [0, 0.05) is 39.6 Å². The van der Waals surface area contributed by atoms with E-state index in [9.17, 15) is 13.2 Å². The Bertz CT molecular complexity index is 907. The Hall–Kier alpha value is -2.92. The van der Waals surface area contributed by atoms with Crippen LogP contribution in [0.25, 0.3) is 0 Å². The molecule has 10 nitrogen and oxygen atoms in total. The minimum atomic E-state index is -3.72. The predicted molar refractivity (Wildman–Crippen MR) is 110 cm³/mol. The summed E-state index contributed by atoms with van der Waals surface area (Å²) in [6, 6.07) is 8.07. The average Bonchev–Trinajstić information content (AvgIpc) is 3.19. The molecule has 0 aliphatic heterocycles. The second-order valence-corrected chi connectivity index (χ2v) is 8.11. The van der Waals surface area contributed by atoms with Gasteiger partial charge in [0.2, 0.25) is 15.9 Å². The van der Waals surface area contributed by atoms with Gasteiger partial charge >= 0.3 is 0 Å². The molecule has 11 heteroatoms. The van der Waals surface area contributed by atoms with Crippen LogP contribution in [0.5, 0.6) is 0 Å². The van der Waals surface area contributed by atoms with Crippen LogP contribution in [0.3, 0.4) is 0 Å². The molecule has 1 aromatic carbocycles. The molecule has 2 aromatic rings. The highest BCUT2D eigenvalue weighted by molar-refractivity contribution is 7.89. The van der Waals surface area contributed by atoms with Gasteiger partial charge in [0.25, 0.3) is 0 Å². The monoisotopic (exact) mass is 421 g/mol. The topological polar surface area (TPSA) is 135 Å². The molecule has 1 aromatic heterocycles. The number of nitrogens with zero attached hydrogens (tertiary/aromatic N) is 4. The number of carbonyl (C=O) groups is 1. The molecule has 158 valence electrons. The molecule has 0 aliphatic carbocycles. The van der Waals surface area contributed by atoms with Gasteiger partial charge in [-0.1, -0.05) is 12.1 Å². The maximum Gasteiger partial charge on any atom is 0.241 e. The number of likely N-dealkylation sites (N-methyl/N-ethyl adjacent to an activating group) is 1. The second-order valence-electron chi connectivity index (χ2n) is 6.54. The highest BCUT2D eigenvalue weighted by Gasteiger charge is 2.08. The van der Waals surface area contributed by atoms with E-state index in [4.69, 9.17) is 5.14 Å². The highest BCUT2D eigenvalue weighted by atomic mass is 32.2. The zero-order valence-corrected chi connectivity index (χ0v) is 17.4. The van der Waals surface area contributed by atoms with Crippen LogP contribution in [0.4, 0.5) is 0 Å². The smallest absolute Gasteiger partial charge is 0.241 e. The quantitative estimate of drug-likeness (QED) is 0.290. The molecule has 0 atom stereocenters. The summed E-state index contributed by atoms with van der Waals surface area (Å²) in [5, 5.41) is 15.5. The molecule has 1 heterocycles. The van der Waals surface area contributed by atoms with Gasteiger partial charge in [0.15, 0.2) is 5.96 Å². The van der Waals surface area contributed by atoms with Crippen molar-refractivity contribution in [3.8, 4) is 0 Å². The molecule has 1 amide bonds. The third-order valence-corrected chi connectivity index (χ3v) is 4.92. The first kappa shape index (κ1) is 22.4. The van der Waals surface area contributed by atoms with Crippen molar-refractivity contribution in [1.82, 2.24) is 25.3 Å². The number of amides is 1. The molecular formula is C18H27N7O3S. The number of aryl methyl sites for hydroxylation is 1. The van der Waals surface area contributed by atoms with E-state index in [1.165, 1.54) is 17.0 Å². The lowest BCUT2D eigenvalue weighted by atomic mass is 10.2. The van der Waals surface area contributed by atoms with Crippen molar-refractivity contribution in [2.75, 3.05) is 27.2 Å². The summed E-state index contributed by atoms with van der Waals surface area (Å²) in [5.41, 5.74) is 0.814. The van der Waals surface area contributed by atoms with E-state index in [-0.39, 0.29) is 17.3 Å². The summed E-state index contributed by atoms with van der Waals surface area (Å²) in [7, 11) is -0.349. The van der Waals surface area contributed by atoms with Crippen LogP contribution < -0.4 is 15.8 Å². The number of sulfonamides is 1. The van der Waals surface area contributed by atoms with Gasteiger partial charge in [-0.3, -0.25) is 9.48 Å². The Labute approximate surface area is 170 Å². The van der Waals surface area contributed by atoms with Crippen molar-refractivity contribution < 1.29 is 13.2 Å². The van der Waals surface area contributed by atoms with E-state index in [2.05, 4.69) is 20.7 Å². The predicted octanol–water partition coefficient (Wildman–Crippen LogP) is -0.256.